The first-order chi connectivity index (χ1) is 34.1. The zero-order chi connectivity index (χ0) is 50.6. The van der Waals surface area contributed by atoms with Crippen molar-refractivity contribution >= 4 is 11.8 Å². The zero-order valence-corrected chi connectivity index (χ0v) is 38.2. The van der Waals surface area contributed by atoms with Crippen molar-refractivity contribution in [3.63, 3.8) is 0 Å². The molecule has 0 amide bonds. The summed E-state index contributed by atoms with van der Waals surface area (Å²) in [6.45, 7) is -4.71. The van der Waals surface area contributed by atoms with Crippen LogP contribution < -0.4 is 0 Å². The standard InChI is InChI=1S/C42H62O28S/c43-6-13-29-19(48)23(52)37(59-13)66-30-14(7-44)61-39(25(54)21(30)50)69-33-18-11-58-35(33)27(56)41(64-18)67-31-15(8-45)62-40(26(55)22(31)51)70-34-17(10-47)63-42(28(57)36(34)71-12-4-2-1-3-5-12)68-32-16(9-46)60-38(65-29)24(53)20(32)49/h1-5,13-57H,6-11H2/t13-,14-,15-,16-,17-,18-,19-,20-,21-,22-,23-,24-,25-,26-,27-,28+,29-,30-,31-,32-,33-,34-,35-,36+,37-,38-,39-,40-,41-,42-/m1/s1. The summed E-state index contributed by atoms with van der Waals surface area (Å²) in [5.74, 6) is 0. The fourth-order valence-electron chi connectivity index (χ4n) is 10.1. The Morgan fingerprint density at radius 2 is 0.662 bits per heavy atom. The van der Waals surface area contributed by atoms with Gasteiger partial charge in [0.15, 0.2) is 37.7 Å². The van der Waals surface area contributed by atoms with Crippen LogP contribution in [-0.4, -0.2) is 300 Å². The Balaban J connectivity index is 1.03. The summed E-state index contributed by atoms with van der Waals surface area (Å²) in [7, 11) is 0. The number of ether oxygens (including phenoxy) is 13. The summed E-state index contributed by atoms with van der Waals surface area (Å²) in [6.07, 6.45) is -50.1. The van der Waals surface area contributed by atoms with Gasteiger partial charge in [-0.3, -0.25) is 0 Å². The molecule has 1 aromatic carbocycles. The van der Waals surface area contributed by atoms with E-state index in [2.05, 4.69) is 0 Å². The Kier molecular flexibility index (Phi) is 17.5. The third kappa shape index (κ3) is 10.5. The lowest BCUT2D eigenvalue weighted by atomic mass is 9.95. The highest BCUT2D eigenvalue weighted by Crippen LogP contribution is 2.42. The van der Waals surface area contributed by atoms with E-state index in [0.717, 1.165) is 11.8 Å². The molecule has 0 spiro atoms. The van der Waals surface area contributed by atoms with Crippen LogP contribution in [0.25, 0.3) is 0 Å². The Morgan fingerprint density at radius 3 is 1.04 bits per heavy atom. The minimum atomic E-state index is -2.09. The van der Waals surface area contributed by atoms with Crippen LogP contribution >= 0.6 is 11.8 Å². The van der Waals surface area contributed by atoms with Crippen molar-refractivity contribution in [2.75, 3.05) is 39.6 Å². The maximum absolute atomic E-state index is 12.0. The lowest BCUT2D eigenvalue weighted by Gasteiger charge is -2.50. The first-order valence-electron chi connectivity index (χ1n) is 23.1. The van der Waals surface area contributed by atoms with Crippen molar-refractivity contribution in [3.8, 4) is 0 Å². The molecule has 15 N–H and O–H groups in total. The third-order valence-corrected chi connectivity index (χ3v) is 15.3. The van der Waals surface area contributed by atoms with Crippen molar-refractivity contribution in [1.29, 1.82) is 0 Å². The summed E-state index contributed by atoms with van der Waals surface area (Å²) >= 11 is 1.01. The lowest BCUT2D eigenvalue weighted by Crippen LogP contribution is -2.68. The van der Waals surface area contributed by atoms with Gasteiger partial charge >= 0.3 is 0 Å². The first kappa shape index (κ1) is 54.2. The molecule has 24 rings (SSSR count). The molecule has 30 atom stereocenters. The van der Waals surface area contributed by atoms with Crippen molar-refractivity contribution < 1.29 is 138 Å². The van der Waals surface area contributed by atoms with E-state index in [-0.39, 0.29) is 6.61 Å². The van der Waals surface area contributed by atoms with Crippen molar-refractivity contribution in [2.24, 2.45) is 0 Å². The van der Waals surface area contributed by atoms with Gasteiger partial charge in [-0.05, 0) is 12.1 Å². The summed E-state index contributed by atoms with van der Waals surface area (Å²) < 4.78 is 76.8. The van der Waals surface area contributed by atoms with Crippen LogP contribution in [0.4, 0.5) is 0 Å². The average molecular weight is 1050 g/mol. The number of aliphatic hydroxyl groups excluding tert-OH is 15. The lowest BCUT2D eigenvalue weighted by molar-refractivity contribution is -0.395. The van der Waals surface area contributed by atoms with Crippen LogP contribution in [0.2, 0.25) is 0 Å². The molecule has 0 aromatic heterocycles. The smallest absolute Gasteiger partial charge is 0.187 e. The average Bonchev–Trinajstić information content (AvgIpc) is 3.69. The topological polar surface area (TPSA) is 423 Å². The molecule has 23 aliphatic rings. The summed E-state index contributed by atoms with van der Waals surface area (Å²) in [5, 5.41) is 166. The van der Waals surface area contributed by atoms with Crippen molar-refractivity contribution in [1.82, 2.24) is 0 Å². The maximum Gasteiger partial charge on any atom is 0.187 e. The highest BCUT2D eigenvalue weighted by Gasteiger charge is 2.60. The molecule has 0 radical (unpaired) electrons. The second kappa shape index (κ2) is 23.0. The zero-order valence-electron chi connectivity index (χ0n) is 37.4. The molecule has 404 valence electrons. The van der Waals surface area contributed by atoms with Gasteiger partial charge in [0.25, 0.3) is 0 Å². The maximum atomic E-state index is 12.0. The van der Waals surface area contributed by atoms with Crippen molar-refractivity contribution in [2.45, 2.75) is 188 Å². The van der Waals surface area contributed by atoms with Gasteiger partial charge in [-0.25, -0.2) is 0 Å². The molecule has 23 fully saturated rings. The third-order valence-electron chi connectivity index (χ3n) is 13.9. The molecule has 23 aliphatic heterocycles. The number of benzene rings is 1. The molecule has 14 bridgehead atoms. The SMILES string of the molecule is OC[C@H]1O[C@@H]2O[C@H]3[C@H](O)[C@@H](O)[C@@H](O[C@H]4[C@H](O)[C@@H](O)[C@@H](O[C@H]5[C@@H]6OC[C@H]5O[C@H](O[C@H]5[C@H](O)[C@@H](O)[C@@H](O[C@H]7[C@@H](Sc8ccccc8)[C@H](O)[C@@H](O[C@H]1[C@H](O)[C@H]2O)O[C@@H]7CO)O[C@@H]5CO)[C@@H]6O)O[C@@H]4CO)O[C@@H]3CO. The van der Waals surface area contributed by atoms with Gasteiger partial charge in [0, 0.05) is 4.90 Å². The van der Waals surface area contributed by atoms with Crippen LogP contribution in [0.15, 0.2) is 35.2 Å². The van der Waals surface area contributed by atoms with Gasteiger partial charge in [0.05, 0.1) is 44.9 Å². The second-order valence-corrected chi connectivity index (χ2v) is 19.6. The minimum absolute atomic E-state index is 0.223. The van der Waals surface area contributed by atoms with Gasteiger partial charge in [-0.2, -0.15) is 0 Å². The molecule has 29 heteroatoms. The predicted octanol–water partition coefficient (Wildman–Crippen LogP) is -9.21. The van der Waals surface area contributed by atoms with Crippen LogP contribution in [0.5, 0.6) is 0 Å². The van der Waals surface area contributed by atoms with E-state index in [0.29, 0.717) is 4.90 Å². The molecular formula is C42H62O28S. The van der Waals surface area contributed by atoms with Gasteiger partial charge in [-0.15, -0.1) is 11.8 Å². The summed E-state index contributed by atoms with van der Waals surface area (Å²) in [5.41, 5.74) is 0. The van der Waals surface area contributed by atoms with Crippen LogP contribution in [0.3, 0.4) is 0 Å². The normalized spacial score (nSPS) is 52.8. The molecular weight excluding hydrogens is 985 g/mol. The van der Waals surface area contributed by atoms with E-state index in [4.69, 9.17) is 61.6 Å². The van der Waals surface area contributed by atoms with E-state index in [9.17, 15) is 76.6 Å². The molecule has 71 heavy (non-hydrogen) atoms. The van der Waals surface area contributed by atoms with Gasteiger partial charge in [0.1, 0.15) is 140 Å². The van der Waals surface area contributed by atoms with Gasteiger partial charge in [-0.1, -0.05) is 18.2 Å². The number of thioether (sulfide) groups is 1. The monoisotopic (exact) mass is 1050 g/mol. The Bertz CT molecular complexity index is 1840. The first-order valence-corrected chi connectivity index (χ1v) is 24.0. The highest BCUT2D eigenvalue weighted by molar-refractivity contribution is 8.00. The molecule has 0 unspecified atom stereocenters. The predicted molar refractivity (Wildman–Crippen MR) is 223 cm³/mol. The van der Waals surface area contributed by atoms with Crippen molar-refractivity contribution in [3.05, 3.63) is 30.3 Å². The fourth-order valence-corrected chi connectivity index (χ4v) is 11.3. The molecule has 23 heterocycles. The van der Waals surface area contributed by atoms with Crippen LogP contribution in [0, 0.1) is 0 Å². The van der Waals surface area contributed by atoms with Crippen LogP contribution in [-0.2, 0) is 61.6 Å². The van der Waals surface area contributed by atoms with Crippen LogP contribution in [0.1, 0.15) is 0 Å². The fraction of sp³-hybridized carbons (Fsp3) is 0.857. The highest BCUT2D eigenvalue weighted by atomic mass is 32.2. The molecule has 28 nitrogen and oxygen atoms in total. The van der Waals surface area contributed by atoms with E-state index in [1.54, 1.807) is 30.3 Å². The number of rotatable bonds is 7. The molecule has 0 saturated carbocycles. The Hall–Kier alpha value is -1.55. The van der Waals surface area contributed by atoms with E-state index in [1.165, 1.54) is 0 Å². The Morgan fingerprint density at radius 1 is 0.338 bits per heavy atom. The minimum Gasteiger partial charge on any atom is -0.394 e. The summed E-state index contributed by atoms with van der Waals surface area (Å²) in [6, 6.07) is 8.50. The second-order valence-electron chi connectivity index (χ2n) is 18.4. The molecule has 1 aromatic rings. The largest absolute Gasteiger partial charge is 0.394 e. The summed E-state index contributed by atoms with van der Waals surface area (Å²) in [4.78, 5) is 0.550. The van der Waals surface area contributed by atoms with E-state index < -0.39 is 216 Å². The molecule has 23 saturated heterocycles. The van der Waals surface area contributed by atoms with Gasteiger partial charge < -0.3 is 138 Å². The van der Waals surface area contributed by atoms with E-state index >= 15 is 0 Å². The Labute approximate surface area is 407 Å². The number of aliphatic hydroxyl groups is 15. The molecule has 0 aliphatic carbocycles. The number of hydrogen-bond donors (Lipinski definition) is 15. The quantitative estimate of drug-likeness (QED) is 0.121. The number of hydrogen-bond acceptors (Lipinski definition) is 29. The van der Waals surface area contributed by atoms with Gasteiger partial charge in [0.2, 0.25) is 0 Å². The van der Waals surface area contributed by atoms with E-state index in [1.807, 2.05) is 0 Å².